The van der Waals surface area contributed by atoms with Crippen LogP contribution in [0.3, 0.4) is 0 Å². The largest absolute Gasteiger partial charge is 0.471 e. The van der Waals surface area contributed by atoms with E-state index in [1.807, 2.05) is 0 Å². The molecule has 11 nitrogen and oxygen atoms in total. The van der Waals surface area contributed by atoms with Crippen LogP contribution in [0, 0.1) is 24.5 Å². The van der Waals surface area contributed by atoms with E-state index >= 15 is 8.78 Å². The molecule has 2 aliphatic rings. The predicted molar refractivity (Wildman–Crippen MR) is 161 cm³/mol. The molecule has 278 valence electrons. The quantitative estimate of drug-likeness (QED) is 0.174. The summed E-state index contributed by atoms with van der Waals surface area (Å²) in [6.07, 6.45) is -10.4. The van der Waals surface area contributed by atoms with Gasteiger partial charge in [0.05, 0.1) is 23.6 Å². The SMILES string of the molecule is Cc1c(-c2cc(NC(=O)C(F)(F)F)cnc2[C@H](Cc2cc(F)cc(F)c2)NC(=O)Cn2nc(C(F)(F)F)c3c2C(F)(F)[C@@H]2C[C@H]32)ccc2n[nH]c(=O)n12. The molecule has 1 saturated carbocycles. The number of anilines is 1. The molecule has 0 radical (unpaired) electrons. The van der Waals surface area contributed by atoms with Crippen LogP contribution < -0.4 is 16.3 Å². The first kappa shape index (κ1) is 35.6. The number of hydrogen-bond acceptors (Lipinski definition) is 6. The maximum atomic E-state index is 15.2. The van der Waals surface area contributed by atoms with Gasteiger partial charge in [0.1, 0.15) is 23.9 Å². The second-order valence-corrected chi connectivity index (χ2v) is 12.6. The number of benzene rings is 1. The van der Waals surface area contributed by atoms with Gasteiger partial charge in [0.2, 0.25) is 5.91 Å². The summed E-state index contributed by atoms with van der Waals surface area (Å²) in [5, 5.41) is 13.5. The van der Waals surface area contributed by atoms with Crippen molar-refractivity contribution in [3.8, 4) is 11.1 Å². The Morgan fingerprint density at radius 2 is 1.74 bits per heavy atom. The van der Waals surface area contributed by atoms with Crippen LogP contribution in [0.4, 0.5) is 49.6 Å². The number of carbonyl (C=O) groups excluding carboxylic acids is 2. The molecule has 2 amide bonds. The molecule has 4 heterocycles. The number of fused-ring (bicyclic) bond motifs is 4. The number of hydrogen-bond donors (Lipinski definition) is 3. The van der Waals surface area contributed by atoms with Crippen LogP contribution in [0.5, 0.6) is 0 Å². The van der Waals surface area contributed by atoms with Crippen LogP contribution in [-0.2, 0) is 34.7 Å². The van der Waals surface area contributed by atoms with Gasteiger partial charge in [0.15, 0.2) is 11.3 Å². The smallest absolute Gasteiger partial charge is 0.346 e. The molecule has 2 aliphatic carbocycles. The number of alkyl halides is 8. The summed E-state index contributed by atoms with van der Waals surface area (Å²) in [5.74, 6) is -11.9. The minimum atomic E-state index is -5.33. The summed E-state index contributed by atoms with van der Waals surface area (Å²) in [5.41, 5.74) is -4.73. The highest BCUT2D eigenvalue weighted by molar-refractivity contribution is 5.95. The van der Waals surface area contributed by atoms with Crippen molar-refractivity contribution in [1.29, 1.82) is 0 Å². The summed E-state index contributed by atoms with van der Waals surface area (Å²) in [4.78, 5) is 42.1. The fourth-order valence-electron chi connectivity index (χ4n) is 6.82. The zero-order valence-electron chi connectivity index (χ0n) is 26.6. The molecule has 0 aliphatic heterocycles. The summed E-state index contributed by atoms with van der Waals surface area (Å²) in [6, 6.07) is 4.50. The molecule has 3 N–H and O–H groups in total. The van der Waals surface area contributed by atoms with Gasteiger partial charge in [-0.15, -0.1) is 0 Å². The Balaban J connectivity index is 1.33. The molecule has 0 unspecified atom stereocenters. The van der Waals surface area contributed by atoms with Crippen LogP contribution >= 0.6 is 0 Å². The molecule has 0 bridgehead atoms. The normalized spacial score (nSPS) is 18.1. The second-order valence-electron chi connectivity index (χ2n) is 12.6. The van der Waals surface area contributed by atoms with Gasteiger partial charge in [-0.05, 0) is 61.6 Å². The summed E-state index contributed by atoms with van der Waals surface area (Å²) >= 11 is 0. The van der Waals surface area contributed by atoms with Gasteiger partial charge in [-0.2, -0.15) is 45.3 Å². The van der Waals surface area contributed by atoms with E-state index in [-0.39, 0.29) is 44.8 Å². The zero-order valence-corrected chi connectivity index (χ0v) is 26.6. The van der Waals surface area contributed by atoms with Crippen molar-refractivity contribution in [2.75, 3.05) is 5.32 Å². The topological polar surface area (TPSA) is 139 Å². The molecule has 7 rings (SSSR count). The van der Waals surface area contributed by atoms with E-state index in [0.717, 1.165) is 28.8 Å². The highest BCUT2D eigenvalue weighted by atomic mass is 19.4. The first-order valence-corrected chi connectivity index (χ1v) is 15.5. The van der Waals surface area contributed by atoms with Gasteiger partial charge >= 0.3 is 23.9 Å². The number of nitrogens with one attached hydrogen (secondary N) is 3. The fourth-order valence-corrected chi connectivity index (χ4v) is 6.82. The molecule has 21 heteroatoms. The number of rotatable bonds is 8. The number of carbonyl (C=O) groups is 2. The molecule has 53 heavy (non-hydrogen) atoms. The predicted octanol–water partition coefficient (Wildman–Crippen LogP) is 5.70. The van der Waals surface area contributed by atoms with E-state index in [0.29, 0.717) is 6.07 Å². The number of nitrogens with zero attached hydrogens (tertiary/aromatic N) is 5. The number of halogens is 10. The van der Waals surface area contributed by atoms with Crippen molar-refractivity contribution in [2.45, 2.75) is 56.5 Å². The minimum absolute atomic E-state index is 0.0786. The molecule has 3 atom stereocenters. The first-order chi connectivity index (χ1) is 24.7. The number of aromatic amines is 1. The fraction of sp³-hybridized carbons (Fsp3) is 0.312. The van der Waals surface area contributed by atoms with E-state index in [1.54, 1.807) is 5.32 Å². The lowest BCUT2D eigenvalue weighted by atomic mass is 9.94. The third kappa shape index (κ3) is 6.37. The highest BCUT2D eigenvalue weighted by Gasteiger charge is 2.68. The molecule has 1 fully saturated rings. The molecule has 1 aromatic carbocycles. The number of aryl methyl sites for hydroxylation is 1. The highest BCUT2D eigenvalue weighted by Crippen LogP contribution is 2.68. The van der Waals surface area contributed by atoms with E-state index < -0.39 is 101 Å². The lowest BCUT2D eigenvalue weighted by Crippen LogP contribution is -2.35. The molecule has 5 aromatic rings. The maximum absolute atomic E-state index is 15.2. The van der Waals surface area contributed by atoms with Crippen molar-refractivity contribution < 1.29 is 53.5 Å². The Morgan fingerprint density at radius 1 is 1.04 bits per heavy atom. The van der Waals surface area contributed by atoms with Crippen molar-refractivity contribution in [3.05, 3.63) is 98.6 Å². The van der Waals surface area contributed by atoms with Gasteiger partial charge in [-0.3, -0.25) is 19.3 Å². The number of amides is 2. The third-order valence-corrected chi connectivity index (χ3v) is 9.07. The van der Waals surface area contributed by atoms with Crippen LogP contribution in [0.25, 0.3) is 16.8 Å². The van der Waals surface area contributed by atoms with Gasteiger partial charge in [0.25, 0.3) is 5.92 Å². The van der Waals surface area contributed by atoms with Gasteiger partial charge in [-0.25, -0.2) is 23.1 Å². The van der Waals surface area contributed by atoms with Crippen LogP contribution in [0.2, 0.25) is 0 Å². The Labute approximate surface area is 289 Å². The average Bonchev–Trinajstić information content (AvgIpc) is 3.54. The lowest BCUT2D eigenvalue weighted by molar-refractivity contribution is -0.167. The maximum Gasteiger partial charge on any atom is 0.471 e. The Kier molecular flexibility index (Phi) is 8.17. The monoisotopic (exact) mass is 756 g/mol. The molecular weight excluding hydrogens is 734 g/mol. The minimum Gasteiger partial charge on any atom is -0.346 e. The zero-order chi connectivity index (χ0) is 38.4. The summed E-state index contributed by atoms with van der Waals surface area (Å²) < 4.78 is 141. The molecular formula is C32H22F10N8O3. The average molecular weight is 757 g/mol. The summed E-state index contributed by atoms with van der Waals surface area (Å²) in [7, 11) is 0. The Hall–Kier alpha value is -5.76. The third-order valence-electron chi connectivity index (χ3n) is 9.07. The van der Waals surface area contributed by atoms with Crippen LogP contribution in [0.1, 0.15) is 52.3 Å². The first-order valence-electron chi connectivity index (χ1n) is 15.5. The summed E-state index contributed by atoms with van der Waals surface area (Å²) in [6.45, 7) is 0.243. The van der Waals surface area contributed by atoms with Gasteiger partial charge < -0.3 is 10.6 Å². The van der Waals surface area contributed by atoms with Gasteiger partial charge in [-0.1, -0.05) is 0 Å². The number of aromatic nitrogens is 6. The molecule has 4 aromatic heterocycles. The van der Waals surface area contributed by atoms with Gasteiger partial charge in [0, 0.05) is 34.4 Å². The van der Waals surface area contributed by atoms with E-state index in [9.17, 15) is 49.5 Å². The Bertz CT molecular complexity index is 2360. The van der Waals surface area contributed by atoms with Crippen LogP contribution in [0.15, 0.2) is 47.4 Å². The lowest BCUT2D eigenvalue weighted by Gasteiger charge is -2.23. The second kappa shape index (κ2) is 12.2. The van der Waals surface area contributed by atoms with E-state index in [2.05, 4.69) is 25.6 Å². The van der Waals surface area contributed by atoms with E-state index in [4.69, 9.17) is 0 Å². The van der Waals surface area contributed by atoms with Crippen molar-refractivity contribution in [3.63, 3.8) is 0 Å². The standard InChI is InChI=1S/C32H22F10N8O3/c1-12-17(2-3-22-46-47-29(53)50(12)22)18-8-16(44-28(52)32(40,41)42)10-43-25(18)21(6-13-4-14(33)7-15(34)5-13)45-23(51)11-49-27-24(26(48-49)31(37,38)39)19-9-20(19)30(27,35)36/h2-5,7-8,10,19-21H,6,9,11H2,1H3,(H,44,52)(H,45,51)(H,47,53)/t19-,20+,21-/m0/s1. The number of pyridine rings is 2. The van der Waals surface area contributed by atoms with Crippen molar-refractivity contribution in [2.24, 2.45) is 5.92 Å². The molecule has 0 spiro atoms. The van der Waals surface area contributed by atoms with E-state index in [1.165, 1.54) is 19.1 Å². The molecule has 0 saturated heterocycles. The van der Waals surface area contributed by atoms with Crippen molar-refractivity contribution >= 4 is 23.1 Å². The Morgan fingerprint density at radius 3 is 2.40 bits per heavy atom. The van der Waals surface area contributed by atoms with Crippen LogP contribution in [-0.4, -0.2) is 47.4 Å². The van der Waals surface area contributed by atoms with Crippen molar-refractivity contribution in [1.82, 2.24) is 34.7 Å². The number of H-pyrrole nitrogens is 1.